The number of rotatable bonds is 19. The van der Waals surface area contributed by atoms with Crippen LogP contribution in [0.4, 0.5) is 11.9 Å². The Hall–Kier alpha value is -7.34. The first-order chi connectivity index (χ1) is 32.5. The molecular weight excluding hydrogens is 901 g/mol. The van der Waals surface area contributed by atoms with Crippen LogP contribution in [0.15, 0.2) is 36.4 Å². The van der Waals surface area contributed by atoms with E-state index in [1.165, 1.54) is 12.1 Å². The van der Waals surface area contributed by atoms with Gasteiger partial charge in [0.25, 0.3) is 11.8 Å². The number of primary amides is 2. The minimum absolute atomic E-state index is 0.0177. The molecule has 0 spiro atoms. The van der Waals surface area contributed by atoms with Crippen LogP contribution in [-0.4, -0.2) is 132 Å². The summed E-state index contributed by atoms with van der Waals surface area (Å²) < 4.78 is 43.0. The molecule has 2 aliphatic heterocycles. The summed E-state index contributed by atoms with van der Waals surface area (Å²) in [5.74, 6) is -1.42. The summed E-state index contributed by atoms with van der Waals surface area (Å²) in [6, 6.07) is 9.14. The molecule has 68 heavy (non-hydrogen) atoms. The zero-order valence-electron chi connectivity index (χ0n) is 38.2. The van der Waals surface area contributed by atoms with Gasteiger partial charge in [-0.3, -0.25) is 48.9 Å². The highest BCUT2D eigenvalue weighted by Gasteiger charge is 2.31. The molecule has 4 aromatic heterocycles. The fourth-order valence-corrected chi connectivity index (χ4v) is 9.84. The molecule has 1 saturated heterocycles. The summed E-state index contributed by atoms with van der Waals surface area (Å²) in [6.45, 7) is 9.71. The third-order valence-electron chi connectivity index (χ3n) is 11.9. The summed E-state index contributed by atoms with van der Waals surface area (Å²) in [4.78, 5) is 76.6. The van der Waals surface area contributed by atoms with Crippen LogP contribution in [-0.2, 0) is 34.3 Å². The maximum atomic E-state index is 13.9. The van der Waals surface area contributed by atoms with Gasteiger partial charge in [0.2, 0.25) is 29.6 Å². The van der Waals surface area contributed by atoms with Gasteiger partial charge < -0.3 is 35.4 Å². The summed E-state index contributed by atoms with van der Waals surface area (Å²) in [7, 11) is -3.08. The Morgan fingerprint density at radius 3 is 2.00 bits per heavy atom. The first-order valence-corrected chi connectivity index (χ1v) is 24.2. The van der Waals surface area contributed by atoms with E-state index in [0.29, 0.717) is 96.0 Å². The molecule has 23 nitrogen and oxygen atoms in total. The van der Waals surface area contributed by atoms with Crippen LogP contribution in [0.25, 0.3) is 22.1 Å². The van der Waals surface area contributed by atoms with Crippen molar-refractivity contribution in [2.75, 3.05) is 61.5 Å². The van der Waals surface area contributed by atoms with E-state index in [9.17, 15) is 32.4 Å². The molecular formula is C44H54N14O9S. The van der Waals surface area contributed by atoms with Gasteiger partial charge in [-0.1, -0.05) is 0 Å². The van der Waals surface area contributed by atoms with E-state index in [-0.39, 0.29) is 85.1 Å². The van der Waals surface area contributed by atoms with Crippen LogP contribution in [0.3, 0.4) is 0 Å². The van der Waals surface area contributed by atoms with Crippen molar-refractivity contribution in [2.24, 2.45) is 11.5 Å². The minimum atomic E-state index is -3.08. The number of ether oxygens (including phenoxy) is 2. The second kappa shape index (κ2) is 19.5. The molecule has 5 amide bonds. The Morgan fingerprint density at radius 1 is 0.794 bits per heavy atom. The molecule has 0 radical (unpaired) electrons. The number of nitrogens with zero attached hydrogens (tertiary/aromatic N) is 9. The van der Waals surface area contributed by atoms with Gasteiger partial charge in [0.1, 0.15) is 40.5 Å². The number of carbonyl (C=O) groups is 5. The molecule has 6 heterocycles. The summed E-state index contributed by atoms with van der Waals surface area (Å²) in [6.07, 6.45) is 1.28. The number of aromatic nitrogens is 8. The fourth-order valence-electron chi connectivity index (χ4n) is 8.56. The van der Waals surface area contributed by atoms with E-state index in [2.05, 4.69) is 26.1 Å². The molecule has 1 fully saturated rings. The third-order valence-corrected chi connectivity index (χ3v) is 13.5. The molecule has 360 valence electrons. The van der Waals surface area contributed by atoms with Crippen molar-refractivity contribution in [1.29, 1.82) is 0 Å². The van der Waals surface area contributed by atoms with Crippen LogP contribution in [0.1, 0.15) is 92.2 Å². The number of fused-ring (bicyclic) bond motifs is 1. The number of benzene rings is 2. The second-order valence-corrected chi connectivity index (χ2v) is 19.1. The Labute approximate surface area is 390 Å². The number of nitrogens with two attached hydrogens (primary N) is 2. The van der Waals surface area contributed by atoms with Crippen molar-refractivity contribution >= 4 is 73.3 Å². The zero-order chi connectivity index (χ0) is 48.4. The van der Waals surface area contributed by atoms with Gasteiger partial charge in [-0.25, -0.2) is 18.4 Å². The average Bonchev–Trinajstić information content (AvgIpc) is 4.07. The van der Waals surface area contributed by atoms with E-state index in [1.54, 1.807) is 56.9 Å². The van der Waals surface area contributed by atoms with Crippen molar-refractivity contribution in [3.05, 3.63) is 70.3 Å². The average molecular weight is 955 g/mol. The van der Waals surface area contributed by atoms with Gasteiger partial charge in [-0.2, -0.15) is 10.2 Å². The number of sulfone groups is 1. The van der Waals surface area contributed by atoms with E-state index in [0.717, 1.165) is 0 Å². The summed E-state index contributed by atoms with van der Waals surface area (Å²) in [5.41, 5.74) is 15.5. The van der Waals surface area contributed by atoms with Crippen molar-refractivity contribution in [1.82, 2.24) is 48.9 Å². The van der Waals surface area contributed by atoms with Crippen LogP contribution in [0, 0.1) is 13.8 Å². The molecule has 0 aliphatic carbocycles. The van der Waals surface area contributed by atoms with Gasteiger partial charge in [-0.05, 0) is 83.4 Å². The summed E-state index contributed by atoms with van der Waals surface area (Å²) >= 11 is 0. The molecule has 8 rings (SSSR count). The number of nitrogens with one attached hydrogen (secondary N) is 3. The number of amides is 5. The quantitative estimate of drug-likeness (QED) is 0.0728. The normalized spacial score (nSPS) is 15.6. The maximum absolute atomic E-state index is 13.9. The number of carbonyl (C=O) groups excluding carboxylic acids is 5. The highest BCUT2D eigenvalue weighted by molar-refractivity contribution is 7.91. The van der Waals surface area contributed by atoms with Gasteiger partial charge in [0, 0.05) is 50.4 Å². The van der Waals surface area contributed by atoms with Crippen LogP contribution in [0.5, 0.6) is 11.5 Å². The zero-order valence-corrected chi connectivity index (χ0v) is 39.0. The van der Waals surface area contributed by atoms with Crippen molar-refractivity contribution in [3.63, 3.8) is 0 Å². The Morgan fingerprint density at radius 2 is 1.38 bits per heavy atom. The van der Waals surface area contributed by atoms with E-state index < -0.39 is 33.5 Å². The lowest BCUT2D eigenvalue weighted by molar-refractivity contribution is -0.122. The smallest absolute Gasteiger partial charge is 0.276 e. The lowest BCUT2D eigenvalue weighted by Gasteiger charge is -2.27. The van der Waals surface area contributed by atoms with Gasteiger partial charge >= 0.3 is 0 Å². The third kappa shape index (κ3) is 10.00. The van der Waals surface area contributed by atoms with Crippen molar-refractivity contribution < 1.29 is 41.9 Å². The first-order valence-electron chi connectivity index (χ1n) is 22.4. The number of aryl methyl sites for hydroxylation is 5. The largest absolute Gasteiger partial charge is 0.491 e. The fraction of sp³-hybridized carbons (Fsp3) is 0.432. The lowest BCUT2D eigenvalue weighted by Crippen LogP contribution is -2.45. The molecule has 6 aromatic rings. The minimum Gasteiger partial charge on any atom is -0.491 e. The highest BCUT2D eigenvalue weighted by Crippen LogP contribution is 2.39. The molecule has 0 bridgehead atoms. The van der Waals surface area contributed by atoms with Crippen LogP contribution >= 0.6 is 0 Å². The molecule has 2 aromatic carbocycles. The molecule has 0 saturated carbocycles. The van der Waals surface area contributed by atoms with Crippen LogP contribution < -0.4 is 36.9 Å². The topological polar surface area (TPSA) is 301 Å². The number of anilines is 2. The van der Waals surface area contributed by atoms with Crippen molar-refractivity contribution in [3.8, 4) is 11.5 Å². The SMILES string of the molecule is CCn1nc(C)cc1C(=O)Nc1nc2cc(C(N)=O)cc(OCCCNC(=O)CN3CCS(=O)(=O)CC3)c2n1CCC[C@H]1COc2cc(C(N)=O)cc3nc(NC(=O)c4cc(C)nn4CC)n1c23. The van der Waals surface area contributed by atoms with Gasteiger partial charge in [0.05, 0.1) is 53.1 Å². The Bertz CT molecular complexity index is 3060. The van der Waals surface area contributed by atoms with E-state index >= 15 is 0 Å². The van der Waals surface area contributed by atoms with Gasteiger partial charge in [0.15, 0.2) is 9.84 Å². The monoisotopic (exact) mass is 954 g/mol. The van der Waals surface area contributed by atoms with Crippen LogP contribution in [0.2, 0.25) is 0 Å². The number of hydrogen-bond donors (Lipinski definition) is 5. The summed E-state index contributed by atoms with van der Waals surface area (Å²) in [5, 5.41) is 17.6. The predicted octanol–water partition coefficient (Wildman–Crippen LogP) is 2.17. The molecule has 1 atom stereocenters. The standard InChI is InChI=1S/C44H54N14O9S/c1-5-56-32(17-25(3)52-56)41(62)50-43-48-30-19-27(39(45)60)21-34(66-14-8-10-47-36(59)23-54-12-15-68(64,65)16-13-54)37(30)55(43)11-7-9-29-24-67-35-22-28(40(46)61)20-31-38(35)58(29)44(49-31)51-42(63)33-18-26(4)53-57(33)6-2/h17-22,29H,5-16,23-24H2,1-4H3,(H2,45,60)(H2,46,61)(H,47,59)(H,48,50,62)(H,49,51,63)/t29-/m0/s1. The molecule has 7 N–H and O–H groups in total. The highest BCUT2D eigenvalue weighted by atomic mass is 32.2. The van der Waals surface area contributed by atoms with Gasteiger partial charge in [-0.15, -0.1) is 0 Å². The molecule has 2 aliphatic rings. The Kier molecular flexibility index (Phi) is 13.5. The second-order valence-electron chi connectivity index (χ2n) is 16.8. The maximum Gasteiger partial charge on any atom is 0.276 e. The number of imidazole rings is 2. The van der Waals surface area contributed by atoms with E-state index in [1.807, 2.05) is 18.4 Å². The predicted molar refractivity (Wildman–Crippen MR) is 250 cm³/mol. The number of hydrogen-bond acceptors (Lipinski definition) is 14. The first kappa shape index (κ1) is 47.2. The van der Waals surface area contributed by atoms with Crippen molar-refractivity contribution in [2.45, 2.75) is 72.6 Å². The van der Waals surface area contributed by atoms with E-state index in [4.69, 9.17) is 30.9 Å². The molecule has 0 unspecified atom stereocenters. The molecule has 24 heteroatoms. The lowest BCUT2D eigenvalue weighted by atomic mass is 10.1. The Balaban J connectivity index is 1.07.